The van der Waals surface area contributed by atoms with Crippen LogP contribution in [0.15, 0.2) is 67.0 Å². The molecule has 146 valence electrons. The number of pyridine rings is 2. The average molecular weight is 384 g/mol. The summed E-state index contributed by atoms with van der Waals surface area (Å²) in [5.74, 6) is 0.889. The first kappa shape index (κ1) is 18.9. The van der Waals surface area contributed by atoms with Crippen molar-refractivity contribution in [2.75, 3.05) is 6.61 Å². The number of benzene rings is 1. The van der Waals surface area contributed by atoms with E-state index < -0.39 is 0 Å². The van der Waals surface area contributed by atoms with E-state index in [1.54, 1.807) is 0 Å². The van der Waals surface area contributed by atoms with Crippen molar-refractivity contribution in [1.82, 2.24) is 20.2 Å². The number of H-pyrrole nitrogens is 1. The number of aromatic amines is 1. The van der Waals surface area contributed by atoms with E-state index in [1.165, 1.54) is 0 Å². The maximum atomic E-state index is 5.75. The van der Waals surface area contributed by atoms with Gasteiger partial charge in [0, 0.05) is 28.6 Å². The normalized spacial score (nSPS) is 10.8. The highest BCUT2D eigenvalue weighted by atomic mass is 16.5. The van der Waals surface area contributed by atoms with E-state index in [2.05, 4.69) is 33.2 Å². The average Bonchev–Trinajstić information content (AvgIpc) is 3.25. The van der Waals surface area contributed by atoms with Crippen LogP contribution in [0.2, 0.25) is 0 Å². The molecular formula is C24H24N4O. The number of hydrogen-bond acceptors (Lipinski definition) is 4. The molecule has 0 saturated heterocycles. The zero-order chi connectivity index (χ0) is 20.1. The zero-order valence-electron chi connectivity index (χ0n) is 16.7. The Balaban J connectivity index is 1.61. The van der Waals surface area contributed by atoms with Gasteiger partial charge in [-0.3, -0.25) is 15.1 Å². The third-order valence-electron chi connectivity index (χ3n) is 4.77. The van der Waals surface area contributed by atoms with Gasteiger partial charge in [-0.15, -0.1) is 0 Å². The van der Waals surface area contributed by atoms with Crippen molar-refractivity contribution in [3.63, 3.8) is 0 Å². The Hall–Kier alpha value is -3.47. The van der Waals surface area contributed by atoms with E-state index in [-0.39, 0.29) is 0 Å². The Morgan fingerprint density at radius 3 is 2.62 bits per heavy atom. The molecule has 0 atom stereocenters. The lowest BCUT2D eigenvalue weighted by Crippen LogP contribution is -1.96. The second-order valence-electron chi connectivity index (χ2n) is 6.98. The summed E-state index contributed by atoms with van der Waals surface area (Å²) < 4.78 is 5.75. The fraction of sp³-hybridized carbons (Fsp3) is 0.208. The Bertz CT molecular complexity index is 1090. The molecule has 5 heteroatoms. The summed E-state index contributed by atoms with van der Waals surface area (Å²) in [6, 6.07) is 18.1. The van der Waals surface area contributed by atoms with Crippen LogP contribution in [0, 0.1) is 6.92 Å². The van der Waals surface area contributed by atoms with Gasteiger partial charge in [0.25, 0.3) is 0 Å². The SMILES string of the molecule is CCCCOc1ccc(-c2cc(-c3[nH]ncc3-c3cccc(C)n3)ccn2)cc1. The van der Waals surface area contributed by atoms with Crippen molar-refractivity contribution < 1.29 is 4.74 Å². The van der Waals surface area contributed by atoms with Crippen LogP contribution in [0.4, 0.5) is 0 Å². The number of ether oxygens (including phenoxy) is 1. The molecule has 0 saturated carbocycles. The number of aryl methyl sites for hydroxylation is 1. The molecule has 0 amide bonds. The number of rotatable bonds is 7. The first-order valence-corrected chi connectivity index (χ1v) is 9.91. The topological polar surface area (TPSA) is 63.7 Å². The number of aromatic nitrogens is 4. The van der Waals surface area contributed by atoms with Crippen LogP contribution in [-0.2, 0) is 0 Å². The van der Waals surface area contributed by atoms with Crippen LogP contribution < -0.4 is 4.74 Å². The minimum Gasteiger partial charge on any atom is -0.494 e. The van der Waals surface area contributed by atoms with Gasteiger partial charge in [-0.05, 0) is 61.9 Å². The van der Waals surface area contributed by atoms with Gasteiger partial charge in [0.15, 0.2) is 0 Å². The fourth-order valence-corrected chi connectivity index (χ4v) is 3.19. The first-order chi connectivity index (χ1) is 14.2. The van der Waals surface area contributed by atoms with Crippen molar-refractivity contribution in [2.45, 2.75) is 26.7 Å². The fourth-order valence-electron chi connectivity index (χ4n) is 3.19. The minimum atomic E-state index is 0.749. The summed E-state index contributed by atoms with van der Waals surface area (Å²) in [4.78, 5) is 9.18. The van der Waals surface area contributed by atoms with Crippen molar-refractivity contribution >= 4 is 0 Å². The monoisotopic (exact) mass is 384 g/mol. The van der Waals surface area contributed by atoms with Gasteiger partial charge in [0.1, 0.15) is 5.75 Å². The lowest BCUT2D eigenvalue weighted by Gasteiger charge is -2.08. The molecule has 0 aliphatic carbocycles. The number of nitrogens with zero attached hydrogens (tertiary/aromatic N) is 3. The quantitative estimate of drug-likeness (QED) is 0.416. The molecule has 0 bridgehead atoms. The molecule has 0 spiro atoms. The maximum absolute atomic E-state index is 5.75. The predicted molar refractivity (Wildman–Crippen MR) is 116 cm³/mol. The molecule has 0 fully saturated rings. The van der Waals surface area contributed by atoms with Crippen molar-refractivity contribution in [1.29, 1.82) is 0 Å². The van der Waals surface area contributed by atoms with Crippen molar-refractivity contribution in [3.05, 3.63) is 72.7 Å². The van der Waals surface area contributed by atoms with Gasteiger partial charge in [0.2, 0.25) is 0 Å². The van der Waals surface area contributed by atoms with Gasteiger partial charge in [0.05, 0.1) is 29.9 Å². The van der Waals surface area contributed by atoms with Gasteiger partial charge < -0.3 is 4.74 Å². The lowest BCUT2D eigenvalue weighted by molar-refractivity contribution is 0.309. The van der Waals surface area contributed by atoms with E-state index >= 15 is 0 Å². The van der Waals surface area contributed by atoms with Gasteiger partial charge in [-0.2, -0.15) is 5.10 Å². The molecular weight excluding hydrogens is 360 g/mol. The molecule has 0 radical (unpaired) electrons. The highest BCUT2D eigenvalue weighted by Gasteiger charge is 2.12. The van der Waals surface area contributed by atoms with E-state index in [0.29, 0.717) is 0 Å². The van der Waals surface area contributed by atoms with E-state index in [9.17, 15) is 0 Å². The Labute approximate surface area is 170 Å². The lowest BCUT2D eigenvalue weighted by atomic mass is 10.0. The number of unbranched alkanes of at least 4 members (excludes halogenated alkanes) is 1. The van der Waals surface area contributed by atoms with Crippen LogP contribution in [0.25, 0.3) is 33.8 Å². The van der Waals surface area contributed by atoms with Crippen molar-refractivity contribution in [2.24, 2.45) is 0 Å². The molecule has 5 nitrogen and oxygen atoms in total. The largest absolute Gasteiger partial charge is 0.494 e. The summed E-state index contributed by atoms with van der Waals surface area (Å²) >= 11 is 0. The summed E-state index contributed by atoms with van der Waals surface area (Å²) in [7, 11) is 0. The molecule has 3 heterocycles. The number of hydrogen-bond donors (Lipinski definition) is 1. The van der Waals surface area contributed by atoms with Gasteiger partial charge in [-0.25, -0.2) is 0 Å². The van der Waals surface area contributed by atoms with Crippen LogP contribution in [-0.4, -0.2) is 26.8 Å². The van der Waals surface area contributed by atoms with Gasteiger partial charge in [-0.1, -0.05) is 19.4 Å². The number of nitrogens with one attached hydrogen (secondary N) is 1. The standard InChI is InChI=1S/C24H24N4O/c1-3-4-14-29-20-10-8-18(9-11-20)23-15-19(12-13-25-23)24-21(16-26-28-24)22-7-5-6-17(2)27-22/h5-13,15-16H,3-4,14H2,1-2H3,(H,26,28). The Morgan fingerprint density at radius 1 is 0.966 bits per heavy atom. The smallest absolute Gasteiger partial charge is 0.119 e. The molecule has 29 heavy (non-hydrogen) atoms. The maximum Gasteiger partial charge on any atom is 0.119 e. The van der Waals surface area contributed by atoms with E-state index in [1.807, 2.05) is 67.8 Å². The van der Waals surface area contributed by atoms with Crippen LogP contribution in [0.5, 0.6) is 5.75 Å². The van der Waals surface area contributed by atoms with E-state index in [0.717, 1.165) is 64.7 Å². The molecule has 3 aromatic heterocycles. The van der Waals surface area contributed by atoms with Crippen molar-refractivity contribution in [3.8, 4) is 39.5 Å². The summed E-state index contributed by atoms with van der Waals surface area (Å²) in [6.45, 7) is 4.90. The first-order valence-electron chi connectivity index (χ1n) is 9.91. The third kappa shape index (κ3) is 4.35. The molecule has 0 aliphatic rings. The Morgan fingerprint density at radius 2 is 1.83 bits per heavy atom. The summed E-state index contributed by atoms with van der Waals surface area (Å²) in [5.41, 5.74) is 6.77. The summed E-state index contributed by atoms with van der Waals surface area (Å²) in [5, 5.41) is 7.37. The Kier molecular flexibility index (Phi) is 5.66. The highest BCUT2D eigenvalue weighted by molar-refractivity contribution is 5.80. The molecule has 0 unspecified atom stereocenters. The van der Waals surface area contributed by atoms with Gasteiger partial charge >= 0.3 is 0 Å². The van der Waals surface area contributed by atoms with E-state index in [4.69, 9.17) is 4.74 Å². The predicted octanol–water partition coefficient (Wildman–Crippen LogP) is 5.69. The third-order valence-corrected chi connectivity index (χ3v) is 4.77. The van der Waals surface area contributed by atoms with Crippen LogP contribution >= 0.6 is 0 Å². The molecule has 0 aliphatic heterocycles. The zero-order valence-corrected chi connectivity index (χ0v) is 16.7. The second-order valence-corrected chi connectivity index (χ2v) is 6.98. The molecule has 4 aromatic rings. The molecule has 4 rings (SSSR count). The van der Waals surface area contributed by atoms with Crippen LogP contribution in [0.1, 0.15) is 25.5 Å². The minimum absolute atomic E-state index is 0.749. The van der Waals surface area contributed by atoms with Crippen LogP contribution in [0.3, 0.4) is 0 Å². The molecule has 1 N–H and O–H groups in total. The second kappa shape index (κ2) is 8.69. The highest BCUT2D eigenvalue weighted by Crippen LogP contribution is 2.31. The molecule has 1 aromatic carbocycles. The summed E-state index contributed by atoms with van der Waals surface area (Å²) in [6.07, 6.45) is 5.83.